The Kier molecular flexibility index (Phi) is 5.02. The largest absolute Gasteiger partial charge is 0.375 e. The Morgan fingerprint density at radius 3 is 2.43 bits per heavy atom. The molecule has 1 amide bonds. The van der Waals surface area contributed by atoms with E-state index in [-0.39, 0.29) is 18.7 Å². The smallest absolute Gasteiger partial charge is 0.264 e. The van der Waals surface area contributed by atoms with Crippen molar-refractivity contribution in [2.24, 2.45) is 0 Å². The highest BCUT2D eigenvalue weighted by Crippen LogP contribution is 2.44. The number of hydrogen-bond donors (Lipinski definition) is 1. The first kappa shape index (κ1) is 19.2. The number of rotatable bonds is 5. The molecule has 4 rings (SSSR count). The minimum Gasteiger partial charge on any atom is -0.375 e. The van der Waals surface area contributed by atoms with E-state index in [4.69, 9.17) is 23.2 Å². The Morgan fingerprint density at radius 2 is 1.75 bits per heavy atom. The Morgan fingerprint density at radius 1 is 1.04 bits per heavy atom. The molecule has 1 aliphatic rings. The molecule has 2 aromatic carbocycles. The summed E-state index contributed by atoms with van der Waals surface area (Å²) >= 11 is 13.8. The zero-order valence-corrected chi connectivity index (χ0v) is 16.9. The van der Waals surface area contributed by atoms with Gasteiger partial charge in [-0.3, -0.25) is 9.59 Å². The molecule has 1 N–H and O–H groups in total. The fourth-order valence-corrected chi connectivity index (χ4v) is 4.61. The molecule has 3 aromatic rings. The van der Waals surface area contributed by atoms with Crippen molar-refractivity contribution in [2.45, 2.75) is 18.6 Å². The predicted molar refractivity (Wildman–Crippen MR) is 111 cm³/mol. The van der Waals surface area contributed by atoms with Gasteiger partial charge in [-0.15, -0.1) is 11.3 Å². The molecule has 0 saturated carbocycles. The van der Waals surface area contributed by atoms with Crippen molar-refractivity contribution in [3.8, 4) is 0 Å². The highest BCUT2D eigenvalue weighted by Gasteiger charge is 2.51. The van der Waals surface area contributed by atoms with Gasteiger partial charge in [-0.25, -0.2) is 0 Å². The number of thiophene rings is 1. The maximum Gasteiger partial charge on any atom is 0.264 e. The molecule has 0 bridgehead atoms. The van der Waals surface area contributed by atoms with Crippen LogP contribution in [0.3, 0.4) is 0 Å². The zero-order valence-electron chi connectivity index (χ0n) is 14.6. The van der Waals surface area contributed by atoms with Gasteiger partial charge in [0.15, 0.2) is 11.4 Å². The van der Waals surface area contributed by atoms with Gasteiger partial charge >= 0.3 is 0 Å². The SMILES string of the molecule is O=C(CC1(O)C(=O)N(Cc2c(Cl)cccc2Cl)c2ccccc21)c1cccs1. The number of aliphatic hydroxyl groups is 1. The normalized spacial score (nSPS) is 18.4. The minimum atomic E-state index is -1.93. The van der Waals surface area contributed by atoms with Crippen molar-refractivity contribution in [1.82, 2.24) is 0 Å². The summed E-state index contributed by atoms with van der Waals surface area (Å²) in [5.74, 6) is -0.840. The molecule has 0 fully saturated rings. The number of anilines is 1. The Balaban J connectivity index is 1.73. The molecule has 0 radical (unpaired) electrons. The third-order valence-electron chi connectivity index (χ3n) is 4.83. The van der Waals surface area contributed by atoms with Gasteiger partial charge in [0.1, 0.15) is 0 Å². The van der Waals surface area contributed by atoms with Gasteiger partial charge in [-0.1, -0.05) is 53.5 Å². The summed E-state index contributed by atoms with van der Waals surface area (Å²) < 4.78 is 0. The molecular weight excluding hydrogens is 417 g/mol. The van der Waals surface area contributed by atoms with Crippen molar-refractivity contribution < 1.29 is 14.7 Å². The second-order valence-corrected chi connectivity index (χ2v) is 8.31. The summed E-state index contributed by atoms with van der Waals surface area (Å²) in [6.07, 6.45) is -0.323. The summed E-state index contributed by atoms with van der Waals surface area (Å²) in [7, 11) is 0. The number of carbonyl (C=O) groups is 2. The first-order chi connectivity index (χ1) is 13.4. The zero-order chi connectivity index (χ0) is 19.9. The van der Waals surface area contributed by atoms with Crippen LogP contribution in [0.1, 0.15) is 27.2 Å². The van der Waals surface area contributed by atoms with E-state index in [1.165, 1.54) is 16.2 Å². The van der Waals surface area contributed by atoms with Crippen LogP contribution in [0.2, 0.25) is 10.0 Å². The number of fused-ring (bicyclic) bond motifs is 1. The number of ketones is 1. The lowest BCUT2D eigenvalue weighted by Gasteiger charge is -2.23. The molecule has 0 spiro atoms. The average molecular weight is 432 g/mol. The van der Waals surface area contributed by atoms with Gasteiger partial charge < -0.3 is 10.0 Å². The summed E-state index contributed by atoms with van der Waals surface area (Å²) in [5, 5.41) is 13.9. The molecule has 7 heteroatoms. The number of para-hydroxylation sites is 1. The molecule has 28 heavy (non-hydrogen) atoms. The molecule has 1 aliphatic heterocycles. The van der Waals surface area contributed by atoms with Crippen LogP contribution >= 0.6 is 34.5 Å². The molecule has 1 atom stereocenters. The van der Waals surface area contributed by atoms with E-state index in [0.717, 1.165) is 0 Å². The molecule has 2 heterocycles. The molecule has 1 aromatic heterocycles. The first-order valence-corrected chi connectivity index (χ1v) is 10.2. The molecule has 1 unspecified atom stereocenters. The van der Waals surface area contributed by atoms with Crippen molar-refractivity contribution >= 4 is 51.9 Å². The molecule has 142 valence electrons. The third kappa shape index (κ3) is 3.14. The van der Waals surface area contributed by atoms with Gasteiger partial charge in [0.25, 0.3) is 5.91 Å². The lowest BCUT2D eigenvalue weighted by atomic mass is 9.89. The Bertz CT molecular complexity index is 1050. The quantitative estimate of drug-likeness (QED) is 0.574. The van der Waals surface area contributed by atoms with Crippen LogP contribution in [-0.4, -0.2) is 16.8 Å². The van der Waals surface area contributed by atoms with Crippen LogP contribution in [0.5, 0.6) is 0 Å². The predicted octanol–water partition coefficient (Wildman–Crippen LogP) is 5.06. The number of Topliss-reactive ketones (excluding diaryl/α,β-unsaturated/α-hetero) is 1. The topological polar surface area (TPSA) is 57.6 Å². The Labute approximate surface area is 175 Å². The van der Waals surface area contributed by atoms with E-state index in [9.17, 15) is 14.7 Å². The second kappa shape index (κ2) is 7.33. The monoisotopic (exact) mass is 431 g/mol. The number of hydrogen-bond acceptors (Lipinski definition) is 4. The van der Waals surface area contributed by atoms with E-state index in [2.05, 4.69) is 0 Å². The number of nitrogens with zero attached hydrogens (tertiary/aromatic N) is 1. The van der Waals surface area contributed by atoms with Crippen LogP contribution in [0.15, 0.2) is 60.0 Å². The molecular formula is C21H15Cl2NO3S. The van der Waals surface area contributed by atoms with Gasteiger partial charge in [0, 0.05) is 21.2 Å². The lowest BCUT2D eigenvalue weighted by molar-refractivity contribution is -0.136. The van der Waals surface area contributed by atoms with Crippen molar-refractivity contribution in [3.05, 3.63) is 86.0 Å². The van der Waals surface area contributed by atoms with E-state index in [1.54, 1.807) is 60.0 Å². The van der Waals surface area contributed by atoms with Gasteiger partial charge in [-0.2, -0.15) is 0 Å². The number of halogens is 2. The molecule has 0 saturated heterocycles. The van der Waals surface area contributed by atoms with Crippen molar-refractivity contribution in [2.75, 3.05) is 4.90 Å². The van der Waals surface area contributed by atoms with E-state index < -0.39 is 11.5 Å². The maximum absolute atomic E-state index is 13.3. The number of benzene rings is 2. The maximum atomic E-state index is 13.3. The molecule has 4 nitrogen and oxygen atoms in total. The Hall–Kier alpha value is -2.18. The van der Waals surface area contributed by atoms with Crippen LogP contribution < -0.4 is 4.90 Å². The summed E-state index contributed by atoms with van der Waals surface area (Å²) in [5.41, 5.74) is -0.383. The highest BCUT2D eigenvalue weighted by atomic mass is 35.5. The van der Waals surface area contributed by atoms with Crippen molar-refractivity contribution in [3.63, 3.8) is 0 Å². The standard InChI is InChI=1S/C21H15Cl2NO3S/c22-15-6-3-7-16(23)13(15)12-24-17-8-2-1-5-14(17)21(27,20(24)26)11-18(25)19-9-4-10-28-19/h1-10,27H,11-12H2. The lowest BCUT2D eigenvalue weighted by Crippen LogP contribution is -2.41. The van der Waals surface area contributed by atoms with Crippen LogP contribution in [0, 0.1) is 0 Å². The fourth-order valence-electron chi connectivity index (χ4n) is 3.43. The average Bonchev–Trinajstić information content (AvgIpc) is 3.28. The van der Waals surface area contributed by atoms with Crippen LogP contribution in [0.25, 0.3) is 0 Å². The van der Waals surface area contributed by atoms with Crippen LogP contribution in [-0.2, 0) is 16.9 Å². The second-order valence-electron chi connectivity index (χ2n) is 6.55. The molecule has 0 aliphatic carbocycles. The third-order valence-corrected chi connectivity index (χ3v) is 6.45. The number of carbonyl (C=O) groups excluding carboxylic acids is 2. The van der Waals surface area contributed by atoms with E-state index in [0.29, 0.717) is 31.7 Å². The van der Waals surface area contributed by atoms with E-state index >= 15 is 0 Å². The minimum absolute atomic E-state index is 0.101. The van der Waals surface area contributed by atoms with Crippen LogP contribution in [0.4, 0.5) is 5.69 Å². The summed E-state index contributed by atoms with van der Waals surface area (Å²) in [6.45, 7) is 0.101. The van der Waals surface area contributed by atoms with E-state index in [1.807, 2.05) is 0 Å². The first-order valence-electron chi connectivity index (χ1n) is 8.55. The summed E-state index contributed by atoms with van der Waals surface area (Å²) in [4.78, 5) is 27.8. The fraction of sp³-hybridized carbons (Fsp3) is 0.143. The highest BCUT2D eigenvalue weighted by molar-refractivity contribution is 7.12. The van der Waals surface area contributed by atoms with Gasteiger partial charge in [0.2, 0.25) is 0 Å². The van der Waals surface area contributed by atoms with Crippen molar-refractivity contribution in [1.29, 1.82) is 0 Å². The van der Waals surface area contributed by atoms with Gasteiger partial charge in [0.05, 0.1) is 23.5 Å². The van der Waals surface area contributed by atoms with Gasteiger partial charge in [-0.05, 0) is 29.6 Å². The summed E-state index contributed by atoms with van der Waals surface area (Å²) in [6, 6.07) is 15.5. The number of amides is 1.